The minimum Gasteiger partial charge on any atom is -0.493 e. The Kier molecular flexibility index (Phi) is 11.2. The Morgan fingerprint density at radius 1 is 0.857 bits per heavy atom. The number of rotatable bonds is 8. The zero-order valence-electron chi connectivity index (χ0n) is 25.2. The second-order valence-corrected chi connectivity index (χ2v) is 10.5. The predicted molar refractivity (Wildman–Crippen MR) is 163 cm³/mol. The van der Waals surface area contributed by atoms with E-state index in [0.717, 1.165) is 54.9 Å². The number of ether oxygens (including phenoxy) is 3. The Labute approximate surface area is 249 Å². The van der Waals surface area contributed by atoms with E-state index >= 15 is 0 Å². The highest BCUT2D eigenvalue weighted by Crippen LogP contribution is 2.40. The van der Waals surface area contributed by atoms with Crippen LogP contribution in [0.1, 0.15) is 42.9 Å². The van der Waals surface area contributed by atoms with Gasteiger partial charge in [-0.2, -0.15) is 0 Å². The van der Waals surface area contributed by atoms with Gasteiger partial charge in [-0.25, -0.2) is 0 Å². The number of para-hydroxylation sites is 1. The van der Waals surface area contributed by atoms with E-state index in [9.17, 15) is 9.59 Å². The van der Waals surface area contributed by atoms with Crippen molar-refractivity contribution in [2.75, 3.05) is 52.4 Å². The van der Waals surface area contributed by atoms with Crippen molar-refractivity contribution in [1.29, 1.82) is 0 Å². The molecule has 1 aliphatic heterocycles. The first-order chi connectivity index (χ1) is 20.4. The van der Waals surface area contributed by atoms with E-state index in [1.165, 1.54) is 0 Å². The fourth-order valence-corrected chi connectivity index (χ4v) is 5.57. The molecule has 0 aliphatic carbocycles. The van der Waals surface area contributed by atoms with Crippen LogP contribution in [0.2, 0.25) is 0 Å². The van der Waals surface area contributed by atoms with E-state index in [1.54, 1.807) is 34.4 Å². The van der Waals surface area contributed by atoms with Crippen LogP contribution in [0.4, 0.5) is 5.69 Å². The fourth-order valence-electron chi connectivity index (χ4n) is 5.57. The summed E-state index contributed by atoms with van der Waals surface area (Å²) in [6.45, 7) is 5.72. The van der Waals surface area contributed by atoms with Crippen LogP contribution in [0.5, 0.6) is 17.2 Å². The number of amides is 2. The van der Waals surface area contributed by atoms with E-state index < -0.39 is 0 Å². The number of aromatic nitrogens is 1. The molecule has 224 valence electrons. The zero-order chi connectivity index (χ0) is 29.9. The van der Waals surface area contributed by atoms with Gasteiger partial charge in [0.15, 0.2) is 11.5 Å². The van der Waals surface area contributed by atoms with Crippen LogP contribution in [0, 0.1) is 0 Å². The van der Waals surface area contributed by atoms with Crippen molar-refractivity contribution < 1.29 is 23.8 Å². The molecule has 0 saturated carbocycles. The topological polar surface area (TPSA) is 84.4 Å². The van der Waals surface area contributed by atoms with E-state index in [1.807, 2.05) is 58.5 Å². The van der Waals surface area contributed by atoms with Crippen molar-refractivity contribution in [2.24, 2.45) is 0 Å². The number of benzene rings is 2. The van der Waals surface area contributed by atoms with Gasteiger partial charge in [0.2, 0.25) is 17.6 Å². The Bertz CT molecular complexity index is 1330. The number of hydrogen-bond donors (Lipinski definition) is 0. The molecule has 0 saturated heterocycles. The molecule has 2 heterocycles. The van der Waals surface area contributed by atoms with Gasteiger partial charge >= 0.3 is 0 Å². The summed E-state index contributed by atoms with van der Waals surface area (Å²) in [6.07, 6.45) is 6.17. The van der Waals surface area contributed by atoms with Gasteiger partial charge in [0, 0.05) is 70.7 Å². The molecule has 1 aliphatic rings. The molecule has 0 atom stereocenters. The molecule has 0 radical (unpaired) electrons. The molecule has 0 bridgehead atoms. The molecule has 0 N–H and O–H groups in total. The maximum Gasteiger partial charge on any atom is 0.223 e. The lowest BCUT2D eigenvalue weighted by atomic mass is 10.1. The first-order valence-electron chi connectivity index (χ1n) is 14.5. The second kappa shape index (κ2) is 15.2. The molecule has 0 spiro atoms. The highest BCUT2D eigenvalue weighted by Gasteiger charge is 2.23. The van der Waals surface area contributed by atoms with Crippen LogP contribution in [0.3, 0.4) is 0 Å². The average molecular weight is 575 g/mol. The Balaban J connectivity index is 1.57. The number of hydrogen-bond acceptors (Lipinski definition) is 7. The van der Waals surface area contributed by atoms with Gasteiger partial charge in [-0.05, 0) is 54.2 Å². The molecule has 9 nitrogen and oxygen atoms in total. The molecule has 4 rings (SSSR count). The third-order valence-electron chi connectivity index (χ3n) is 7.66. The van der Waals surface area contributed by atoms with Crippen molar-refractivity contribution >= 4 is 17.5 Å². The SMILES string of the molecule is COc1ccc(CCC(=O)N2CCCN(Cc3cccnc3)CCCN(C(C)=O)c3ccccc3C2)c(OC)c1OC. The smallest absolute Gasteiger partial charge is 0.223 e. The van der Waals surface area contributed by atoms with E-state index in [2.05, 4.69) is 16.0 Å². The summed E-state index contributed by atoms with van der Waals surface area (Å²) >= 11 is 0. The lowest BCUT2D eigenvalue weighted by Gasteiger charge is -2.31. The molecule has 0 fully saturated rings. The minimum atomic E-state index is -0.00302. The first kappa shape index (κ1) is 30.8. The van der Waals surface area contributed by atoms with Crippen molar-refractivity contribution in [1.82, 2.24) is 14.8 Å². The largest absolute Gasteiger partial charge is 0.493 e. The Hall–Kier alpha value is -4.11. The van der Waals surface area contributed by atoms with Gasteiger partial charge in [-0.1, -0.05) is 30.3 Å². The molecular weight excluding hydrogens is 532 g/mol. The van der Waals surface area contributed by atoms with Crippen molar-refractivity contribution in [3.05, 3.63) is 77.6 Å². The Morgan fingerprint density at radius 2 is 1.62 bits per heavy atom. The highest BCUT2D eigenvalue weighted by molar-refractivity contribution is 5.92. The van der Waals surface area contributed by atoms with E-state index in [-0.39, 0.29) is 11.8 Å². The molecule has 2 amide bonds. The summed E-state index contributed by atoms with van der Waals surface area (Å²) in [4.78, 5) is 37.0. The summed E-state index contributed by atoms with van der Waals surface area (Å²) in [7, 11) is 4.75. The molecule has 42 heavy (non-hydrogen) atoms. The third-order valence-corrected chi connectivity index (χ3v) is 7.66. The number of anilines is 1. The Morgan fingerprint density at radius 3 is 2.31 bits per heavy atom. The van der Waals surface area contributed by atoms with Crippen molar-refractivity contribution in [3.8, 4) is 17.2 Å². The van der Waals surface area contributed by atoms with Crippen LogP contribution >= 0.6 is 0 Å². The molecule has 3 aromatic rings. The third kappa shape index (κ3) is 7.79. The number of fused-ring (bicyclic) bond motifs is 1. The van der Waals surface area contributed by atoms with Gasteiger partial charge < -0.3 is 24.0 Å². The molecule has 9 heteroatoms. The number of aryl methyl sites for hydroxylation is 1. The van der Waals surface area contributed by atoms with Crippen LogP contribution in [0.15, 0.2) is 60.9 Å². The maximum absolute atomic E-state index is 13.8. The zero-order valence-corrected chi connectivity index (χ0v) is 25.2. The quantitative estimate of drug-likeness (QED) is 0.385. The molecular formula is C33H42N4O5. The number of nitrogens with zero attached hydrogens (tertiary/aromatic N) is 4. The summed E-state index contributed by atoms with van der Waals surface area (Å²) in [5.41, 5.74) is 3.86. The second-order valence-electron chi connectivity index (χ2n) is 10.5. The van der Waals surface area contributed by atoms with E-state index in [4.69, 9.17) is 14.2 Å². The lowest BCUT2D eigenvalue weighted by molar-refractivity contribution is -0.131. The summed E-state index contributed by atoms with van der Waals surface area (Å²) < 4.78 is 16.6. The number of methoxy groups -OCH3 is 3. The van der Waals surface area contributed by atoms with Crippen molar-refractivity contribution in [2.45, 2.75) is 45.7 Å². The van der Waals surface area contributed by atoms with Crippen LogP contribution in [0.25, 0.3) is 0 Å². The van der Waals surface area contributed by atoms with Gasteiger partial charge in [-0.15, -0.1) is 0 Å². The van der Waals surface area contributed by atoms with Gasteiger partial charge in [0.1, 0.15) is 0 Å². The predicted octanol–water partition coefficient (Wildman–Crippen LogP) is 4.72. The number of carbonyl (C=O) groups excluding carboxylic acids is 2. The lowest BCUT2D eigenvalue weighted by Crippen LogP contribution is -2.38. The normalized spacial score (nSPS) is 14.8. The monoisotopic (exact) mass is 574 g/mol. The highest BCUT2D eigenvalue weighted by atomic mass is 16.5. The minimum absolute atomic E-state index is 0.00302. The summed E-state index contributed by atoms with van der Waals surface area (Å²) in [6, 6.07) is 15.7. The van der Waals surface area contributed by atoms with Crippen LogP contribution < -0.4 is 19.1 Å². The summed E-state index contributed by atoms with van der Waals surface area (Å²) in [5.74, 6) is 1.72. The van der Waals surface area contributed by atoms with Gasteiger partial charge in [0.25, 0.3) is 0 Å². The van der Waals surface area contributed by atoms with Crippen molar-refractivity contribution in [3.63, 3.8) is 0 Å². The number of pyridine rings is 1. The van der Waals surface area contributed by atoms with Gasteiger partial charge in [-0.3, -0.25) is 19.5 Å². The van der Waals surface area contributed by atoms with Gasteiger partial charge in [0.05, 0.1) is 21.3 Å². The van der Waals surface area contributed by atoms with Crippen LogP contribution in [-0.2, 0) is 29.1 Å². The molecule has 2 aromatic carbocycles. The fraction of sp³-hybridized carbons (Fsp3) is 0.424. The first-order valence-corrected chi connectivity index (χ1v) is 14.5. The van der Waals surface area contributed by atoms with Crippen LogP contribution in [-0.4, -0.2) is 74.1 Å². The molecule has 1 aromatic heterocycles. The van der Waals surface area contributed by atoms with E-state index in [0.29, 0.717) is 49.7 Å². The standard InChI is InChI=1S/C33H42N4O5/c1-25(38)37-21-9-19-35(23-26-10-7-17-34-22-26)18-8-20-36(24-28-11-5-6-12-29(28)37)31(39)16-14-27-13-15-30(40-2)33(42-4)32(27)41-3/h5-7,10-13,15,17,22H,8-9,14,16,18-21,23-24H2,1-4H3. The number of carbonyl (C=O) groups is 2. The average Bonchev–Trinajstić information content (AvgIpc) is 3.00. The molecule has 0 unspecified atom stereocenters. The maximum atomic E-state index is 13.8. The summed E-state index contributed by atoms with van der Waals surface area (Å²) in [5, 5.41) is 0.